The van der Waals surface area contributed by atoms with Crippen molar-refractivity contribution >= 4 is 40.5 Å². The molecule has 0 aliphatic carbocycles. The first-order valence-corrected chi connectivity index (χ1v) is 2.60. The van der Waals surface area contributed by atoms with Gasteiger partial charge in [-0.15, -0.1) is 11.6 Å². The van der Waals surface area contributed by atoms with Crippen molar-refractivity contribution in [3.63, 3.8) is 0 Å². The van der Waals surface area contributed by atoms with Crippen LogP contribution < -0.4 is 0 Å². The van der Waals surface area contributed by atoms with Gasteiger partial charge >= 0.3 is 0 Å². The third-order valence-electron chi connectivity index (χ3n) is 0. The maximum absolute atomic E-state index is 5.36. The van der Waals surface area contributed by atoms with E-state index in [4.69, 9.17) is 11.6 Å². The van der Waals surface area contributed by atoms with Gasteiger partial charge in [-0.1, -0.05) is 6.92 Å². The maximum atomic E-state index is 5.36. The van der Waals surface area contributed by atoms with E-state index in [1.807, 2.05) is 0 Å². The van der Waals surface area contributed by atoms with E-state index in [-0.39, 0.29) is 0 Å². The number of hydrogen-bond acceptors (Lipinski definition) is 1. The van der Waals surface area contributed by atoms with Crippen molar-refractivity contribution in [1.29, 1.82) is 0 Å². The zero-order chi connectivity index (χ0) is 4.50. The van der Waals surface area contributed by atoms with Crippen molar-refractivity contribution < 1.29 is 0 Å². The van der Waals surface area contributed by atoms with Crippen molar-refractivity contribution in [2.75, 3.05) is 0 Å². The molecule has 1 atom stereocenters. The minimum Gasteiger partial charge on any atom is -0.175 e. The fraction of sp³-hybridized carbons (Fsp3) is 1.00. The molecule has 28 valence electrons. The normalized spacial score (nSPS) is 21.4. The maximum Gasteiger partial charge on any atom is 0.173 e. The Balaban J connectivity index is 3.02. The van der Waals surface area contributed by atoms with Crippen LogP contribution in [0.15, 0.2) is 0 Å². The van der Waals surface area contributed by atoms with Gasteiger partial charge in [0.05, 0.1) is 0 Å². The Hall–Kier alpha value is 1.17. The highest BCUT2D eigenvalue weighted by Gasteiger charge is 1.99. The summed E-state index contributed by atoms with van der Waals surface area (Å²) >= 11 is 11.6. The van der Waals surface area contributed by atoms with Crippen molar-refractivity contribution in [2.45, 2.75) is 9.99 Å². The molecule has 0 amide bonds. The molecule has 3 heteroatoms. The van der Waals surface area contributed by atoms with Crippen molar-refractivity contribution in [3.8, 4) is 0 Å². The van der Waals surface area contributed by atoms with Crippen LogP contribution in [0.25, 0.3) is 0 Å². The van der Waals surface area contributed by atoms with Crippen LogP contribution in [0.1, 0.15) is 6.92 Å². The van der Waals surface area contributed by atoms with Crippen LogP contribution in [0.5, 0.6) is 0 Å². The number of halogens is 1. The highest BCUT2D eigenvalue weighted by Crippen LogP contribution is 2.10. The lowest BCUT2D eigenvalue weighted by Crippen LogP contribution is -2.02. The molecule has 0 aromatic carbocycles. The Kier molecular flexibility index (Phi) is 2.16. The molecule has 0 saturated heterocycles. The van der Waals surface area contributed by atoms with Gasteiger partial charge in [0.1, 0.15) is 0 Å². The summed E-state index contributed by atoms with van der Waals surface area (Å²) in [6.07, 6.45) is 0. The van der Waals surface area contributed by atoms with Gasteiger partial charge in [-0.05, 0) is 0 Å². The standard InChI is InChI=1S/C2H4ClS.Al/c1-2(3)4;/h4H,1H3;. The predicted molar refractivity (Wildman–Crippen MR) is 29.0 cm³/mol. The molecule has 0 spiro atoms. The molecule has 5 heavy (non-hydrogen) atoms. The summed E-state index contributed by atoms with van der Waals surface area (Å²) in [5, 5.41) is 0. The molecule has 0 bridgehead atoms. The molecule has 0 nitrogen and oxygen atoms in total. The number of rotatable bonds is 0. The molecular weight excluding hydrogens is 119 g/mol. The summed E-state index contributed by atoms with van der Waals surface area (Å²) in [5.41, 5.74) is 0. The zero-order valence-electron chi connectivity index (χ0n) is 2.90. The van der Waals surface area contributed by atoms with Crippen molar-refractivity contribution in [3.05, 3.63) is 0 Å². The largest absolute Gasteiger partial charge is 0.175 e. The van der Waals surface area contributed by atoms with Crippen LogP contribution in [0, 0.1) is 0 Å². The van der Waals surface area contributed by atoms with Crippen LogP contribution in [0.3, 0.4) is 0 Å². The lowest BCUT2D eigenvalue weighted by Gasteiger charge is -2.02. The Morgan fingerprint density at radius 3 is 2.00 bits per heavy atom. The topological polar surface area (TPSA) is 0 Å². The summed E-state index contributed by atoms with van der Waals surface area (Å²) in [6, 6.07) is 0. The molecule has 0 fully saturated rings. The summed E-state index contributed by atoms with van der Waals surface area (Å²) < 4.78 is -0.417. The quantitative estimate of drug-likeness (QED) is 0.277. The van der Waals surface area contributed by atoms with Crippen LogP contribution in [0.4, 0.5) is 0 Å². The first kappa shape index (κ1) is 6.17. The molecule has 0 aromatic rings. The van der Waals surface area contributed by atoms with Gasteiger partial charge in [-0.25, -0.2) is 0 Å². The second-order valence-electron chi connectivity index (χ2n) is 1.02. The second-order valence-corrected chi connectivity index (χ2v) is 5.01. The molecule has 0 aliphatic heterocycles. The van der Waals surface area contributed by atoms with Crippen LogP contribution >= 0.6 is 24.2 Å². The molecule has 2 radical (unpaired) electrons. The first-order chi connectivity index (χ1) is 2.00. The van der Waals surface area contributed by atoms with Crippen LogP contribution in [-0.2, 0) is 0 Å². The second kappa shape index (κ2) is 1.75. The van der Waals surface area contributed by atoms with E-state index >= 15 is 0 Å². The van der Waals surface area contributed by atoms with Crippen LogP contribution in [-0.4, -0.2) is 19.4 Å². The number of thiol groups is 1. The van der Waals surface area contributed by atoms with E-state index in [0.29, 0.717) is 0 Å². The lowest BCUT2D eigenvalue weighted by atomic mass is 10.9. The van der Waals surface area contributed by atoms with Gasteiger partial charge in [0.25, 0.3) is 0 Å². The van der Waals surface area contributed by atoms with E-state index in [2.05, 4.69) is 28.9 Å². The van der Waals surface area contributed by atoms with Crippen molar-refractivity contribution in [1.82, 2.24) is 0 Å². The Labute approximate surface area is 50.7 Å². The van der Waals surface area contributed by atoms with E-state index in [0.717, 1.165) is 0 Å². The fourth-order valence-corrected chi connectivity index (χ4v) is 0. The summed E-state index contributed by atoms with van der Waals surface area (Å²) in [6.45, 7) is 1.78. The molecular formula is C2H4AlClS. The highest BCUT2D eigenvalue weighted by molar-refractivity contribution is 7.85. The minimum atomic E-state index is -0.417. The smallest absolute Gasteiger partial charge is 0.173 e. The highest BCUT2D eigenvalue weighted by atomic mass is 35.5. The third-order valence-corrected chi connectivity index (χ3v) is 0. The number of alkyl halides is 1. The SMILES string of the molecule is C[C]([Al])(S)Cl. The molecule has 0 heterocycles. The zero-order valence-corrected chi connectivity index (χ0v) is 5.71. The van der Waals surface area contributed by atoms with Gasteiger partial charge < -0.3 is 0 Å². The third kappa shape index (κ3) is 37.9. The molecule has 0 saturated carbocycles. The van der Waals surface area contributed by atoms with Gasteiger partial charge in [0.15, 0.2) is 16.3 Å². The van der Waals surface area contributed by atoms with E-state index < -0.39 is 3.07 Å². The summed E-state index contributed by atoms with van der Waals surface area (Å²) in [5.74, 6) is 0. The fourth-order valence-electron chi connectivity index (χ4n) is 0. The Bertz CT molecular complexity index is 25.1. The molecule has 0 aromatic heterocycles. The van der Waals surface area contributed by atoms with E-state index in [1.54, 1.807) is 6.92 Å². The van der Waals surface area contributed by atoms with Crippen molar-refractivity contribution in [2.24, 2.45) is 0 Å². The monoisotopic (exact) mass is 122 g/mol. The van der Waals surface area contributed by atoms with E-state index in [1.165, 1.54) is 0 Å². The van der Waals surface area contributed by atoms with Gasteiger partial charge in [0.2, 0.25) is 0 Å². The molecule has 0 aliphatic rings. The van der Waals surface area contributed by atoms with Gasteiger partial charge in [-0.2, -0.15) is 12.6 Å². The predicted octanol–water partition coefficient (Wildman–Crippen LogP) is 0.997. The van der Waals surface area contributed by atoms with Crippen LogP contribution in [0.2, 0.25) is 0 Å². The molecule has 1 unspecified atom stereocenters. The summed E-state index contributed by atoms with van der Waals surface area (Å²) in [4.78, 5) is 0. The van der Waals surface area contributed by atoms with Gasteiger partial charge in [-0.3, -0.25) is 0 Å². The van der Waals surface area contributed by atoms with E-state index in [9.17, 15) is 0 Å². The molecule has 0 N–H and O–H groups in total. The molecule has 0 rings (SSSR count). The average Bonchev–Trinajstić information content (AvgIpc) is 0.722. The lowest BCUT2D eigenvalue weighted by molar-refractivity contribution is 1.30. The first-order valence-electron chi connectivity index (χ1n) is 1.20. The Morgan fingerprint density at radius 2 is 2.00 bits per heavy atom. The summed E-state index contributed by atoms with van der Waals surface area (Å²) in [7, 11) is 0. The van der Waals surface area contributed by atoms with Gasteiger partial charge in [0, 0.05) is 3.07 Å². The average molecular weight is 123 g/mol. The minimum absolute atomic E-state index is 0.417. The Morgan fingerprint density at radius 1 is 2.00 bits per heavy atom. The number of hydrogen-bond donors (Lipinski definition) is 1.